The van der Waals surface area contributed by atoms with Gasteiger partial charge < -0.3 is 0 Å². The van der Waals surface area contributed by atoms with Gasteiger partial charge in [0.15, 0.2) is 0 Å². The van der Waals surface area contributed by atoms with Crippen molar-refractivity contribution >= 4 is 12.1 Å². The summed E-state index contributed by atoms with van der Waals surface area (Å²) in [4.78, 5) is 23.6. The average Bonchev–Trinajstić information content (AvgIpc) is 2.56. The van der Waals surface area contributed by atoms with E-state index >= 15 is 0 Å². The molecule has 5 nitrogen and oxygen atoms in total. The minimum atomic E-state index is -0.644. The van der Waals surface area contributed by atoms with Gasteiger partial charge in [-0.3, -0.25) is 0 Å². The Bertz CT molecular complexity index is 453. The lowest BCUT2D eigenvalue weighted by molar-refractivity contribution is 0.216. The number of allylic oxidation sites excluding steroid dienone is 5. The first kappa shape index (κ1) is 14.0. The normalized spacial score (nSPS) is 20.4. The molecule has 0 fully saturated rings. The molecule has 0 aromatic carbocycles. The summed E-state index contributed by atoms with van der Waals surface area (Å²) in [7, 11) is 0. The molecule has 0 atom stereocenters. The fourth-order valence-electron chi connectivity index (χ4n) is 1.43. The Hall–Kier alpha value is -2.04. The van der Waals surface area contributed by atoms with Gasteiger partial charge in [0.05, 0.1) is 5.70 Å². The minimum Gasteiger partial charge on any atom is -0.243 e. The van der Waals surface area contributed by atoms with Crippen molar-refractivity contribution < 1.29 is 9.59 Å². The Morgan fingerprint density at radius 2 is 1.61 bits per heavy atom. The SMILES string of the molecule is CC.CC1(C)C=CC=C(N2C(=O)N=NC2=O)C=C1. The Balaban J connectivity index is 0.000000771. The van der Waals surface area contributed by atoms with Crippen LogP contribution >= 0.6 is 0 Å². The van der Waals surface area contributed by atoms with E-state index in [2.05, 4.69) is 10.2 Å². The first-order valence-corrected chi connectivity index (χ1v) is 5.88. The number of urea groups is 2. The third kappa shape index (κ3) is 3.00. The van der Waals surface area contributed by atoms with Gasteiger partial charge in [-0.1, -0.05) is 56.2 Å². The molecule has 0 spiro atoms. The number of amides is 4. The number of carbonyl (C=O) groups is 2. The van der Waals surface area contributed by atoms with Crippen LogP contribution in [0.5, 0.6) is 0 Å². The van der Waals surface area contributed by atoms with Crippen molar-refractivity contribution in [2.45, 2.75) is 27.7 Å². The van der Waals surface area contributed by atoms with Gasteiger partial charge in [0, 0.05) is 5.41 Å². The molecule has 0 saturated heterocycles. The van der Waals surface area contributed by atoms with Gasteiger partial charge in [0.25, 0.3) is 0 Å². The van der Waals surface area contributed by atoms with Crippen LogP contribution in [0.25, 0.3) is 0 Å². The molecular weight excluding hydrogens is 230 g/mol. The zero-order valence-electron chi connectivity index (χ0n) is 11.0. The maximum Gasteiger partial charge on any atom is 0.375 e. The maximum absolute atomic E-state index is 11.3. The van der Waals surface area contributed by atoms with Crippen molar-refractivity contribution in [1.29, 1.82) is 0 Å². The van der Waals surface area contributed by atoms with Crippen molar-refractivity contribution in [1.82, 2.24) is 4.90 Å². The van der Waals surface area contributed by atoms with E-state index in [-0.39, 0.29) is 5.41 Å². The summed E-state index contributed by atoms with van der Waals surface area (Å²) in [5.74, 6) is 0. The molecule has 2 aliphatic rings. The van der Waals surface area contributed by atoms with E-state index in [1.54, 1.807) is 12.2 Å². The van der Waals surface area contributed by atoms with Crippen LogP contribution in [-0.4, -0.2) is 17.0 Å². The molecular formula is C13H17N3O2. The monoisotopic (exact) mass is 247 g/mol. The number of hydrogen-bond acceptors (Lipinski definition) is 2. The molecule has 2 rings (SSSR count). The Labute approximate surface area is 107 Å². The van der Waals surface area contributed by atoms with E-state index in [1.165, 1.54) is 0 Å². The van der Waals surface area contributed by atoms with Gasteiger partial charge in [0.2, 0.25) is 0 Å². The lowest BCUT2D eigenvalue weighted by Crippen LogP contribution is -2.26. The highest BCUT2D eigenvalue weighted by Gasteiger charge is 2.30. The fourth-order valence-corrected chi connectivity index (χ4v) is 1.43. The summed E-state index contributed by atoms with van der Waals surface area (Å²) in [5.41, 5.74) is 0.389. The lowest BCUT2D eigenvalue weighted by Gasteiger charge is -2.13. The second-order valence-electron chi connectivity index (χ2n) is 4.21. The van der Waals surface area contributed by atoms with E-state index in [0.29, 0.717) is 5.70 Å². The van der Waals surface area contributed by atoms with Crippen LogP contribution < -0.4 is 0 Å². The number of hydrogen-bond donors (Lipinski definition) is 0. The van der Waals surface area contributed by atoms with E-state index < -0.39 is 12.1 Å². The third-order valence-electron chi connectivity index (χ3n) is 2.34. The molecule has 0 aromatic heterocycles. The van der Waals surface area contributed by atoms with Crippen LogP contribution in [0, 0.1) is 5.41 Å². The Morgan fingerprint density at radius 1 is 1.06 bits per heavy atom. The predicted molar refractivity (Wildman–Crippen MR) is 69.0 cm³/mol. The van der Waals surface area contributed by atoms with Crippen molar-refractivity contribution in [3.8, 4) is 0 Å². The zero-order valence-corrected chi connectivity index (χ0v) is 11.0. The molecule has 5 heteroatoms. The van der Waals surface area contributed by atoms with E-state index in [0.717, 1.165) is 4.90 Å². The highest BCUT2D eigenvalue weighted by Crippen LogP contribution is 2.25. The fraction of sp³-hybridized carbons (Fsp3) is 0.385. The van der Waals surface area contributed by atoms with Gasteiger partial charge >= 0.3 is 12.1 Å². The minimum absolute atomic E-state index is 0.0989. The first-order chi connectivity index (χ1) is 8.49. The highest BCUT2D eigenvalue weighted by atomic mass is 16.2. The van der Waals surface area contributed by atoms with Crippen LogP contribution in [0.2, 0.25) is 0 Å². The third-order valence-corrected chi connectivity index (χ3v) is 2.34. The highest BCUT2D eigenvalue weighted by molar-refractivity contribution is 6.00. The van der Waals surface area contributed by atoms with Crippen LogP contribution in [0.3, 0.4) is 0 Å². The molecule has 18 heavy (non-hydrogen) atoms. The maximum atomic E-state index is 11.3. The largest absolute Gasteiger partial charge is 0.375 e. The van der Waals surface area contributed by atoms with Gasteiger partial charge in [-0.25, -0.2) is 14.5 Å². The summed E-state index contributed by atoms with van der Waals surface area (Å²) >= 11 is 0. The number of nitrogens with zero attached hydrogens (tertiary/aromatic N) is 3. The Morgan fingerprint density at radius 3 is 2.17 bits per heavy atom. The van der Waals surface area contributed by atoms with Crippen molar-refractivity contribution in [2.75, 3.05) is 0 Å². The summed E-state index contributed by atoms with van der Waals surface area (Å²) < 4.78 is 0. The van der Waals surface area contributed by atoms with Gasteiger partial charge in [-0.15, -0.1) is 0 Å². The summed E-state index contributed by atoms with van der Waals surface area (Å²) in [6, 6.07) is -1.29. The average molecular weight is 247 g/mol. The molecule has 0 radical (unpaired) electrons. The predicted octanol–water partition coefficient (Wildman–Crippen LogP) is 4.06. The molecule has 0 N–H and O–H groups in total. The number of carbonyl (C=O) groups excluding carboxylic acids is 2. The quantitative estimate of drug-likeness (QED) is 0.701. The second kappa shape index (κ2) is 5.53. The van der Waals surface area contributed by atoms with Crippen molar-refractivity contribution in [2.24, 2.45) is 15.6 Å². The van der Waals surface area contributed by atoms with E-state index in [1.807, 2.05) is 45.9 Å². The van der Waals surface area contributed by atoms with Crippen LogP contribution in [0.15, 0.2) is 46.3 Å². The molecule has 0 saturated carbocycles. The lowest BCUT2D eigenvalue weighted by atomic mass is 9.93. The second-order valence-corrected chi connectivity index (χ2v) is 4.21. The smallest absolute Gasteiger partial charge is 0.243 e. The Kier molecular flexibility index (Phi) is 4.31. The van der Waals surface area contributed by atoms with Crippen molar-refractivity contribution in [3.05, 3.63) is 36.1 Å². The standard InChI is InChI=1S/C11H11N3O2.C2H6/c1-11(2)6-3-4-8(5-7-11)14-9(15)12-13-10(14)16;1-2/h3-7H,1-2H3;1-2H3. The molecule has 4 amide bonds. The van der Waals surface area contributed by atoms with Crippen LogP contribution in [0.1, 0.15) is 27.7 Å². The van der Waals surface area contributed by atoms with Crippen LogP contribution in [-0.2, 0) is 0 Å². The summed E-state index contributed by atoms with van der Waals surface area (Å²) in [5, 5.41) is 6.41. The molecule has 1 heterocycles. The topological polar surface area (TPSA) is 62.1 Å². The molecule has 0 bridgehead atoms. The van der Waals surface area contributed by atoms with Crippen molar-refractivity contribution in [3.63, 3.8) is 0 Å². The number of rotatable bonds is 1. The number of imide groups is 1. The molecule has 0 aromatic rings. The van der Waals surface area contributed by atoms with E-state index in [4.69, 9.17) is 0 Å². The molecule has 0 unspecified atom stereocenters. The first-order valence-electron chi connectivity index (χ1n) is 5.88. The van der Waals surface area contributed by atoms with Gasteiger partial charge in [-0.05, 0) is 12.2 Å². The van der Waals surface area contributed by atoms with E-state index in [9.17, 15) is 9.59 Å². The molecule has 96 valence electrons. The van der Waals surface area contributed by atoms with Gasteiger partial charge in [0.1, 0.15) is 0 Å². The molecule has 1 aliphatic heterocycles. The zero-order chi connectivity index (χ0) is 13.8. The number of azo groups is 1. The molecule has 1 aliphatic carbocycles. The summed E-state index contributed by atoms with van der Waals surface area (Å²) in [6.07, 6.45) is 9.13. The van der Waals surface area contributed by atoms with Crippen LogP contribution in [0.4, 0.5) is 9.59 Å². The summed E-state index contributed by atoms with van der Waals surface area (Å²) in [6.45, 7) is 8.05. The van der Waals surface area contributed by atoms with Gasteiger partial charge in [-0.2, -0.15) is 0 Å².